The van der Waals surface area contributed by atoms with Crippen molar-refractivity contribution in [2.45, 2.75) is 38.3 Å². The first-order chi connectivity index (χ1) is 7.27. The Morgan fingerprint density at radius 3 is 2.75 bits per heavy atom. The van der Waals surface area contributed by atoms with Crippen LogP contribution in [0.3, 0.4) is 0 Å². The van der Waals surface area contributed by atoms with Gasteiger partial charge in [0, 0.05) is 12.0 Å². The maximum atomic E-state index is 11.9. The highest BCUT2D eigenvalue weighted by Gasteiger charge is 2.37. The number of hydrogen-bond acceptors (Lipinski definition) is 4. The van der Waals surface area contributed by atoms with E-state index < -0.39 is 17.1 Å². The fourth-order valence-electron chi connectivity index (χ4n) is 1.36. The molecule has 0 aliphatic heterocycles. The molecule has 1 aliphatic rings. The van der Waals surface area contributed by atoms with Crippen LogP contribution in [0.2, 0.25) is 0 Å². The van der Waals surface area contributed by atoms with E-state index >= 15 is 0 Å². The minimum atomic E-state index is -1.22. The first-order valence-corrected chi connectivity index (χ1v) is 5.08. The second kappa shape index (κ2) is 4.11. The summed E-state index contributed by atoms with van der Waals surface area (Å²) < 4.78 is 5.22. The second-order valence-electron chi connectivity index (χ2n) is 4.88. The Bertz CT molecular complexity index is 396. The number of rotatable bonds is 1. The molecule has 0 aromatic carbocycles. The van der Waals surface area contributed by atoms with Crippen LogP contribution in [0.15, 0.2) is 23.8 Å². The molecule has 0 spiro atoms. The van der Waals surface area contributed by atoms with Gasteiger partial charge in [-0.3, -0.25) is 0 Å². The van der Waals surface area contributed by atoms with Crippen molar-refractivity contribution in [3.05, 3.63) is 23.8 Å². The molecule has 1 aliphatic carbocycles. The number of carbonyl (C=O) groups excluding carboxylic acids is 1. The Labute approximate surface area is 95.4 Å². The molecule has 4 nitrogen and oxygen atoms in total. The van der Waals surface area contributed by atoms with Crippen LogP contribution in [0.25, 0.3) is 0 Å². The summed E-state index contributed by atoms with van der Waals surface area (Å²) in [6, 6.07) is 2.00. The number of esters is 1. The van der Waals surface area contributed by atoms with E-state index in [4.69, 9.17) is 15.7 Å². The van der Waals surface area contributed by atoms with E-state index in [1.165, 1.54) is 0 Å². The van der Waals surface area contributed by atoms with Crippen molar-refractivity contribution in [2.24, 2.45) is 5.73 Å². The molecular weight excluding hydrogens is 204 g/mol. The third-order valence-corrected chi connectivity index (χ3v) is 2.10. The highest BCUT2D eigenvalue weighted by Crippen LogP contribution is 2.23. The predicted molar refractivity (Wildman–Crippen MR) is 60.2 cm³/mol. The van der Waals surface area contributed by atoms with Crippen molar-refractivity contribution in [2.75, 3.05) is 0 Å². The van der Waals surface area contributed by atoms with Crippen LogP contribution in [-0.4, -0.2) is 17.1 Å². The lowest BCUT2D eigenvalue weighted by Gasteiger charge is -2.30. The molecule has 0 bridgehead atoms. The zero-order valence-electron chi connectivity index (χ0n) is 9.78. The molecule has 1 atom stereocenters. The van der Waals surface area contributed by atoms with Crippen molar-refractivity contribution in [3.63, 3.8) is 0 Å². The minimum absolute atomic E-state index is 0.189. The molecule has 1 unspecified atom stereocenters. The lowest BCUT2D eigenvalue weighted by molar-refractivity contribution is -0.159. The van der Waals surface area contributed by atoms with E-state index in [0.29, 0.717) is 5.57 Å². The Hall–Kier alpha value is -1.60. The first kappa shape index (κ1) is 12.5. The summed E-state index contributed by atoms with van der Waals surface area (Å²) in [7, 11) is 0. The van der Waals surface area contributed by atoms with Gasteiger partial charge in [-0.15, -0.1) is 0 Å². The van der Waals surface area contributed by atoms with Gasteiger partial charge >= 0.3 is 5.97 Å². The van der Waals surface area contributed by atoms with Gasteiger partial charge in [-0.25, -0.2) is 4.79 Å². The summed E-state index contributed by atoms with van der Waals surface area (Å²) in [4.78, 5) is 11.9. The van der Waals surface area contributed by atoms with Crippen LogP contribution in [0.5, 0.6) is 0 Å². The average Bonchev–Trinajstić information content (AvgIpc) is 2.15. The van der Waals surface area contributed by atoms with Gasteiger partial charge in [-0.05, 0) is 26.8 Å². The molecule has 0 saturated heterocycles. The van der Waals surface area contributed by atoms with E-state index in [1.54, 1.807) is 39.0 Å². The number of nitrogens with two attached hydrogens (primary N) is 1. The molecule has 0 fully saturated rings. The minimum Gasteiger partial charge on any atom is -0.458 e. The van der Waals surface area contributed by atoms with Gasteiger partial charge in [-0.2, -0.15) is 5.26 Å². The zero-order valence-corrected chi connectivity index (χ0v) is 9.78. The molecule has 0 heterocycles. The Kier molecular flexibility index (Phi) is 3.20. The molecule has 86 valence electrons. The van der Waals surface area contributed by atoms with Crippen LogP contribution in [-0.2, 0) is 9.53 Å². The molecule has 0 radical (unpaired) electrons. The summed E-state index contributed by atoms with van der Waals surface area (Å²) in [5.74, 6) is -0.503. The fourth-order valence-corrected chi connectivity index (χ4v) is 1.36. The molecule has 4 heteroatoms. The van der Waals surface area contributed by atoms with E-state index in [-0.39, 0.29) is 6.42 Å². The van der Waals surface area contributed by atoms with Crippen molar-refractivity contribution in [3.8, 4) is 6.07 Å². The van der Waals surface area contributed by atoms with Crippen LogP contribution >= 0.6 is 0 Å². The lowest BCUT2D eigenvalue weighted by Crippen LogP contribution is -2.50. The second-order valence-corrected chi connectivity index (χ2v) is 4.88. The number of carbonyl (C=O) groups is 1. The molecule has 0 aromatic rings. The summed E-state index contributed by atoms with van der Waals surface area (Å²) in [6.07, 6.45) is 5.03. The zero-order chi connectivity index (χ0) is 12.4. The van der Waals surface area contributed by atoms with Crippen molar-refractivity contribution >= 4 is 5.97 Å². The summed E-state index contributed by atoms with van der Waals surface area (Å²) in [6.45, 7) is 5.34. The van der Waals surface area contributed by atoms with Gasteiger partial charge in [0.15, 0.2) is 0 Å². The van der Waals surface area contributed by atoms with E-state index in [0.717, 1.165) is 0 Å². The summed E-state index contributed by atoms with van der Waals surface area (Å²) in [5, 5.41) is 8.78. The van der Waals surface area contributed by atoms with Crippen molar-refractivity contribution < 1.29 is 9.53 Å². The van der Waals surface area contributed by atoms with Gasteiger partial charge in [0.05, 0.1) is 6.07 Å². The van der Waals surface area contributed by atoms with E-state index in [2.05, 4.69) is 0 Å². The Morgan fingerprint density at radius 2 is 2.25 bits per heavy atom. The topological polar surface area (TPSA) is 76.1 Å². The summed E-state index contributed by atoms with van der Waals surface area (Å²) >= 11 is 0. The molecule has 0 saturated carbocycles. The molecule has 0 amide bonds. The average molecular weight is 220 g/mol. The maximum Gasteiger partial charge on any atom is 0.331 e. The molecule has 16 heavy (non-hydrogen) atoms. The van der Waals surface area contributed by atoms with E-state index in [9.17, 15) is 4.79 Å². The molecule has 2 N–H and O–H groups in total. The van der Waals surface area contributed by atoms with Gasteiger partial charge in [0.25, 0.3) is 0 Å². The van der Waals surface area contributed by atoms with Crippen LogP contribution < -0.4 is 5.73 Å². The number of nitrogens with zero attached hydrogens (tertiary/aromatic N) is 1. The van der Waals surface area contributed by atoms with Crippen LogP contribution in [0.1, 0.15) is 27.2 Å². The number of hydrogen-bond donors (Lipinski definition) is 1. The van der Waals surface area contributed by atoms with Crippen molar-refractivity contribution in [1.82, 2.24) is 0 Å². The normalized spacial score (nSPS) is 24.6. The largest absolute Gasteiger partial charge is 0.458 e. The van der Waals surface area contributed by atoms with Gasteiger partial charge in [0.1, 0.15) is 11.1 Å². The Morgan fingerprint density at radius 1 is 1.62 bits per heavy atom. The molecule has 0 aromatic heterocycles. The first-order valence-electron chi connectivity index (χ1n) is 5.08. The third kappa shape index (κ3) is 2.94. The standard InChI is InChI=1S/C12H16N2O2/c1-11(2,3)16-10(15)12(14)6-4-5-9(7-12)8-13/h4-6H,7,14H2,1-3H3. The number of ether oxygens (including phenoxy) is 1. The van der Waals surface area contributed by atoms with Crippen LogP contribution in [0.4, 0.5) is 0 Å². The highest BCUT2D eigenvalue weighted by atomic mass is 16.6. The van der Waals surface area contributed by atoms with Gasteiger partial charge in [0.2, 0.25) is 0 Å². The van der Waals surface area contributed by atoms with Gasteiger partial charge < -0.3 is 10.5 Å². The quantitative estimate of drug-likeness (QED) is 0.678. The fraction of sp³-hybridized carbons (Fsp3) is 0.500. The lowest BCUT2D eigenvalue weighted by atomic mass is 9.88. The highest BCUT2D eigenvalue weighted by molar-refractivity contribution is 5.84. The van der Waals surface area contributed by atoms with E-state index in [1.807, 2.05) is 6.07 Å². The summed E-state index contributed by atoms with van der Waals surface area (Å²) in [5.41, 5.74) is 4.61. The third-order valence-electron chi connectivity index (χ3n) is 2.10. The van der Waals surface area contributed by atoms with Crippen LogP contribution in [0, 0.1) is 11.3 Å². The Balaban J connectivity index is 2.82. The predicted octanol–water partition coefficient (Wildman–Crippen LogP) is 1.44. The van der Waals surface area contributed by atoms with Crippen molar-refractivity contribution in [1.29, 1.82) is 5.26 Å². The maximum absolute atomic E-state index is 11.9. The smallest absolute Gasteiger partial charge is 0.331 e. The number of allylic oxidation sites excluding steroid dienone is 2. The van der Waals surface area contributed by atoms with Gasteiger partial charge in [-0.1, -0.05) is 12.2 Å². The molecule has 1 rings (SSSR count). The number of nitriles is 1. The SMILES string of the molecule is CC(C)(C)OC(=O)C1(N)C=CC=C(C#N)C1. The monoisotopic (exact) mass is 220 g/mol. The molecular formula is C12H16N2O2.